The Balaban J connectivity index is 1.52. The quantitative estimate of drug-likeness (QED) is 0.912. The van der Waals surface area contributed by atoms with E-state index >= 15 is 0 Å². The SMILES string of the molecule is CNc1cnc(C[C@@H]2CCCN(Cc3scnc3C)CC2)cn1. The third kappa shape index (κ3) is 4.48. The van der Waals surface area contributed by atoms with E-state index in [-0.39, 0.29) is 0 Å². The summed E-state index contributed by atoms with van der Waals surface area (Å²) < 4.78 is 0. The molecule has 0 aliphatic carbocycles. The first-order chi connectivity index (χ1) is 11.2. The minimum absolute atomic E-state index is 0.720. The van der Waals surface area contributed by atoms with Crippen LogP contribution in [-0.2, 0) is 13.0 Å². The molecular formula is C17H25N5S. The highest BCUT2D eigenvalue weighted by atomic mass is 32.1. The molecule has 6 heteroatoms. The van der Waals surface area contributed by atoms with Gasteiger partial charge in [-0.2, -0.15) is 0 Å². The fraction of sp³-hybridized carbons (Fsp3) is 0.588. The van der Waals surface area contributed by atoms with Crippen molar-refractivity contribution in [2.24, 2.45) is 5.92 Å². The van der Waals surface area contributed by atoms with E-state index in [4.69, 9.17) is 0 Å². The number of nitrogens with one attached hydrogen (secondary N) is 1. The molecule has 23 heavy (non-hydrogen) atoms. The highest BCUT2D eigenvalue weighted by Gasteiger charge is 2.19. The van der Waals surface area contributed by atoms with E-state index in [1.807, 2.05) is 25.0 Å². The number of anilines is 1. The summed E-state index contributed by atoms with van der Waals surface area (Å²) in [5.74, 6) is 1.55. The van der Waals surface area contributed by atoms with Gasteiger partial charge in [0.1, 0.15) is 5.82 Å². The zero-order valence-corrected chi connectivity index (χ0v) is 14.8. The molecule has 0 unspecified atom stereocenters. The van der Waals surface area contributed by atoms with Crippen molar-refractivity contribution >= 4 is 17.2 Å². The first-order valence-corrected chi connectivity index (χ1v) is 9.22. The van der Waals surface area contributed by atoms with Gasteiger partial charge in [-0.3, -0.25) is 9.88 Å². The number of likely N-dealkylation sites (tertiary alicyclic amines) is 1. The van der Waals surface area contributed by atoms with E-state index in [0.717, 1.165) is 30.4 Å². The molecule has 3 heterocycles. The molecule has 0 spiro atoms. The first kappa shape index (κ1) is 16.3. The van der Waals surface area contributed by atoms with Gasteiger partial charge in [-0.15, -0.1) is 11.3 Å². The lowest BCUT2D eigenvalue weighted by atomic mass is 9.95. The minimum Gasteiger partial charge on any atom is -0.372 e. The molecule has 1 aliphatic rings. The third-order valence-electron chi connectivity index (χ3n) is 4.61. The second-order valence-electron chi connectivity index (χ2n) is 6.28. The lowest BCUT2D eigenvalue weighted by molar-refractivity contribution is 0.274. The molecule has 1 fully saturated rings. The van der Waals surface area contributed by atoms with Crippen molar-refractivity contribution in [2.45, 2.75) is 39.2 Å². The van der Waals surface area contributed by atoms with E-state index < -0.39 is 0 Å². The molecule has 0 aromatic carbocycles. The Morgan fingerprint density at radius 1 is 1.22 bits per heavy atom. The van der Waals surface area contributed by atoms with Crippen molar-refractivity contribution in [2.75, 3.05) is 25.5 Å². The van der Waals surface area contributed by atoms with Crippen LogP contribution in [0.25, 0.3) is 0 Å². The van der Waals surface area contributed by atoms with Crippen LogP contribution in [0, 0.1) is 12.8 Å². The van der Waals surface area contributed by atoms with Gasteiger partial charge in [-0.1, -0.05) is 0 Å². The maximum Gasteiger partial charge on any atom is 0.144 e. The summed E-state index contributed by atoms with van der Waals surface area (Å²) in [4.78, 5) is 17.2. The molecule has 0 saturated carbocycles. The van der Waals surface area contributed by atoms with E-state index in [1.54, 1.807) is 11.3 Å². The maximum absolute atomic E-state index is 4.52. The second kappa shape index (κ2) is 7.84. The third-order valence-corrected chi connectivity index (χ3v) is 5.53. The summed E-state index contributed by atoms with van der Waals surface area (Å²) in [6.07, 6.45) is 8.58. The van der Waals surface area contributed by atoms with Crippen LogP contribution in [0.2, 0.25) is 0 Å². The first-order valence-electron chi connectivity index (χ1n) is 8.34. The maximum atomic E-state index is 4.52. The average Bonchev–Trinajstić information content (AvgIpc) is 2.84. The van der Waals surface area contributed by atoms with Crippen molar-refractivity contribution in [3.63, 3.8) is 0 Å². The number of rotatable bonds is 5. The van der Waals surface area contributed by atoms with Crippen molar-refractivity contribution in [1.82, 2.24) is 19.9 Å². The van der Waals surface area contributed by atoms with E-state index in [0.29, 0.717) is 0 Å². The van der Waals surface area contributed by atoms with Crippen molar-refractivity contribution in [3.8, 4) is 0 Å². The van der Waals surface area contributed by atoms with Crippen LogP contribution in [-0.4, -0.2) is 40.0 Å². The summed E-state index contributed by atoms with van der Waals surface area (Å²) >= 11 is 1.78. The van der Waals surface area contributed by atoms with E-state index in [1.165, 1.54) is 42.9 Å². The molecule has 2 aromatic rings. The monoisotopic (exact) mass is 331 g/mol. The fourth-order valence-corrected chi connectivity index (χ4v) is 3.97. The largest absolute Gasteiger partial charge is 0.372 e. The van der Waals surface area contributed by atoms with Crippen molar-refractivity contribution in [3.05, 3.63) is 34.2 Å². The summed E-state index contributed by atoms with van der Waals surface area (Å²) in [5.41, 5.74) is 4.26. The summed E-state index contributed by atoms with van der Waals surface area (Å²) in [6.45, 7) is 5.53. The Morgan fingerprint density at radius 3 is 2.83 bits per heavy atom. The van der Waals surface area contributed by atoms with Crippen molar-refractivity contribution in [1.29, 1.82) is 0 Å². The Bertz CT molecular complexity index is 610. The van der Waals surface area contributed by atoms with Gasteiger partial charge in [0, 0.05) is 18.5 Å². The lowest BCUT2D eigenvalue weighted by Gasteiger charge is -2.19. The van der Waals surface area contributed by atoms with E-state index in [9.17, 15) is 0 Å². The highest BCUT2D eigenvalue weighted by Crippen LogP contribution is 2.23. The van der Waals surface area contributed by atoms with Crippen LogP contribution in [0.4, 0.5) is 5.82 Å². The van der Waals surface area contributed by atoms with Gasteiger partial charge in [0.25, 0.3) is 0 Å². The molecule has 2 aromatic heterocycles. The number of aryl methyl sites for hydroxylation is 1. The molecule has 0 bridgehead atoms. The zero-order valence-electron chi connectivity index (χ0n) is 14.0. The van der Waals surface area contributed by atoms with Gasteiger partial charge in [-0.05, 0) is 51.6 Å². The molecule has 5 nitrogen and oxygen atoms in total. The number of thiazole rings is 1. The Hall–Kier alpha value is -1.53. The van der Waals surface area contributed by atoms with Gasteiger partial charge in [0.15, 0.2) is 0 Å². The van der Waals surface area contributed by atoms with Gasteiger partial charge < -0.3 is 5.32 Å². The Morgan fingerprint density at radius 2 is 2.13 bits per heavy atom. The highest BCUT2D eigenvalue weighted by molar-refractivity contribution is 7.09. The van der Waals surface area contributed by atoms with Crippen LogP contribution in [0.5, 0.6) is 0 Å². The lowest BCUT2D eigenvalue weighted by Crippen LogP contribution is -2.24. The number of nitrogens with zero attached hydrogens (tertiary/aromatic N) is 4. The number of hydrogen-bond acceptors (Lipinski definition) is 6. The predicted octanol–water partition coefficient (Wildman–Crippen LogP) is 3.13. The molecule has 1 saturated heterocycles. The minimum atomic E-state index is 0.720. The number of hydrogen-bond donors (Lipinski definition) is 1. The van der Waals surface area contributed by atoms with Crippen LogP contribution in [0.15, 0.2) is 17.9 Å². The Kier molecular flexibility index (Phi) is 5.56. The smallest absolute Gasteiger partial charge is 0.144 e. The second-order valence-corrected chi connectivity index (χ2v) is 7.22. The predicted molar refractivity (Wildman–Crippen MR) is 94.8 cm³/mol. The van der Waals surface area contributed by atoms with Crippen LogP contribution in [0.1, 0.15) is 35.5 Å². The molecule has 0 radical (unpaired) electrons. The summed E-state index contributed by atoms with van der Waals surface area (Å²) in [6, 6.07) is 0. The Labute approximate surface area is 142 Å². The summed E-state index contributed by atoms with van der Waals surface area (Å²) in [5, 5.41) is 3.01. The normalized spacial score (nSPS) is 19.5. The molecular weight excluding hydrogens is 306 g/mol. The van der Waals surface area contributed by atoms with Crippen LogP contribution in [0.3, 0.4) is 0 Å². The van der Waals surface area contributed by atoms with Gasteiger partial charge in [0.2, 0.25) is 0 Å². The van der Waals surface area contributed by atoms with Gasteiger partial charge in [-0.25, -0.2) is 9.97 Å². The molecule has 3 rings (SSSR count). The molecule has 1 N–H and O–H groups in total. The molecule has 1 atom stereocenters. The number of aromatic nitrogens is 3. The average molecular weight is 331 g/mol. The van der Waals surface area contributed by atoms with Gasteiger partial charge in [0.05, 0.1) is 29.3 Å². The fourth-order valence-electron chi connectivity index (χ4n) is 3.15. The van der Waals surface area contributed by atoms with Gasteiger partial charge >= 0.3 is 0 Å². The molecule has 124 valence electrons. The topological polar surface area (TPSA) is 53.9 Å². The van der Waals surface area contributed by atoms with E-state index in [2.05, 4.69) is 32.1 Å². The van der Waals surface area contributed by atoms with Crippen LogP contribution < -0.4 is 5.32 Å². The zero-order chi connectivity index (χ0) is 16.1. The standard InChI is InChI=1S/C17H25N5S/c1-13-16(23-12-21-13)11-22-6-3-4-14(5-7-22)8-15-9-20-17(18-2)10-19-15/h9-10,12,14H,3-8,11H2,1-2H3,(H,18,20)/t14-/m1/s1. The molecule has 0 amide bonds. The van der Waals surface area contributed by atoms with Crippen LogP contribution >= 0.6 is 11.3 Å². The molecule has 1 aliphatic heterocycles. The van der Waals surface area contributed by atoms with Crippen molar-refractivity contribution < 1.29 is 0 Å². The summed E-state index contributed by atoms with van der Waals surface area (Å²) in [7, 11) is 1.87.